The summed E-state index contributed by atoms with van der Waals surface area (Å²) in [6.07, 6.45) is 0.662. The van der Waals surface area contributed by atoms with Gasteiger partial charge in [-0.1, -0.05) is 27.7 Å². The van der Waals surface area contributed by atoms with E-state index in [0.717, 1.165) is 0 Å². The standard InChI is InChI=1S/C12H18F4/c1-5-7(3)9(13)11(15)12(16)10(14)8(4)6-2/h7-8H,5-6H2,1-4H3/b11-9+,12-10+. The molecule has 0 aliphatic carbocycles. The minimum atomic E-state index is -1.70. The predicted molar refractivity (Wildman–Crippen MR) is 57.4 cm³/mol. The maximum absolute atomic E-state index is 13.2. The first-order chi connectivity index (χ1) is 7.36. The van der Waals surface area contributed by atoms with E-state index in [2.05, 4.69) is 0 Å². The summed E-state index contributed by atoms with van der Waals surface area (Å²) in [5.74, 6) is -7.33. The molecule has 94 valence electrons. The molecule has 0 spiro atoms. The van der Waals surface area contributed by atoms with E-state index in [4.69, 9.17) is 0 Å². The van der Waals surface area contributed by atoms with Gasteiger partial charge in [0, 0.05) is 11.8 Å². The van der Waals surface area contributed by atoms with Crippen LogP contribution in [0.3, 0.4) is 0 Å². The largest absolute Gasteiger partial charge is 0.208 e. The van der Waals surface area contributed by atoms with Crippen molar-refractivity contribution >= 4 is 0 Å². The molecule has 0 aromatic rings. The van der Waals surface area contributed by atoms with Crippen LogP contribution in [0.25, 0.3) is 0 Å². The molecule has 0 aliphatic heterocycles. The van der Waals surface area contributed by atoms with Crippen LogP contribution in [0.5, 0.6) is 0 Å². The Labute approximate surface area is 94.0 Å². The Morgan fingerprint density at radius 2 is 1.00 bits per heavy atom. The van der Waals surface area contributed by atoms with Crippen molar-refractivity contribution in [3.05, 3.63) is 23.3 Å². The van der Waals surface area contributed by atoms with Crippen molar-refractivity contribution in [1.29, 1.82) is 0 Å². The quantitative estimate of drug-likeness (QED) is 0.445. The summed E-state index contributed by atoms with van der Waals surface area (Å²) < 4.78 is 52.9. The lowest BCUT2D eigenvalue weighted by Crippen LogP contribution is -2.00. The summed E-state index contributed by atoms with van der Waals surface area (Å²) in [4.78, 5) is 0. The van der Waals surface area contributed by atoms with E-state index in [9.17, 15) is 17.6 Å². The second-order valence-corrected chi connectivity index (χ2v) is 3.94. The lowest BCUT2D eigenvalue weighted by Gasteiger charge is -2.09. The summed E-state index contributed by atoms with van der Waals surface area (Å²) in [7, 11) is 0. The third-order valence-electron chi connectivity index (χ3n) is 2.70. The highest BCUT2D eigenvalue weighted by Gasteiger charge is 2.22. The molecule has 0 amide bonds. The first-order valence-corrected chi connectivity index (χ1v) is 5.47. The zero-order valence-electron chi connectivity index (χ0n) is 10.1. The molecule has 0 heterocycles. The van der Waals surface area contributed by atoms with Gasteiger partial charge in [0.1, 0.15) is 11.7 Å². The molecule has 4 heteroatoms. The van der Waals surface area contributed by atoms with Crippen LogP contribution in [-0.4, -0.2) is 0 Å². The third kappa shape index (κ3) is 3.65. The molecule has 2 unspecified atom stereocenters. The van der Waals surface area contributed by atoms with Gasteiger partial charge in [0.2, 0.25) is 0 Å². The van der Waals surface area contributed by atoms with E-state index >= 15 is 0 Å². The minimum Gasteiger partial charge on any atom is -0.208 e. The molecule has 2 atom stereocenters. The van der Waals surface area contributed by atoms with Crippen LogP contribution in [0, 0.1) is 11.8 Å². The zero-order chi connectivity index (χ0) is 12.9. The summed E-state index contributed by atoms with van der Waals surface area (Å²) in [5.41, 5.74) is 0. The van der Waals surface area contributed by atoms with Crippen LogP contribution in [0.15, 0.2) is 23.3 Å². The van der Waals surface area contributed by atoms with Crippen molar-refractivity contribution in [1.82, 2.24) is 0 Å². The fourth-order valence-corrected chi connectivity index (χ4v) is 1.00. The molecule has 16 heavy (non-hydrogen) atoms. The van der Waals surface area contributed by atoms with Gasteiger partial charge in [-0.15, -0.1) is 0 Å². The van der Waals surface area contributed by atoms with Crippen molar-refractivity contribution in [2.45, 2.75) is 40.5 Å². The molecule has 0 saturated carbocycles. The van der Waals surface area contributed by atoms with Gasteiger partial charge in [-0.2, -0.15) is 0 Å². The van der Waals surface area contributed by atoms with Crippen LogP contribution in [0.4, 0.5) is 17.6 Å². The van der Waals surface area contributed by atoms with Crippen LogP contribution in [0.1, 0.15) is 40.5 Å². The summed E-state index contributed by atoms with van der Waals surface area (Å²) in [6, 6.07) is 0. The van der Waals surface area contributed by atoms with Crippen molar-refractivity contribution < 1.29 is 17.6 Å². The number of hydrogen-bond acceptors (Lipinski definition) is 0. The maximum atomic E-state index is 13.2. The topological polar surface area (TPSA) is 0 Å². The molecule has 0 aromatic heterocycles. The van der Waals surface area contributed by atoms with Gasteiger partial charge < -0.3 is 0 Å². The van der Waals surface area contributed by atoms with Gasteiger partial charge >= 0.3 is 0 Å². The number of allylic oxidation sites excluding steroid dienone is 4. The first-order valence-electron chi connectivity index (χ1n) is 5.47. The predicted octanol–water partition coefficient (Wildman–Crippen LogP) is 5.38. The van der Waals surface area contributed by atoms with E-state index < -0.39 is 35.1 Å². The molecule has 0 fully saturated rings. The Kier molecular flexibility index (Phi) is 6.38. The van der Waals surface area contributed by atoms with Gasteiger partial charge in [0.15, 0.2) is 11.7 Å². The van der Waals surface area contributed by atoms with Gasteiger partial charge in [-0.25, -0.2) is 17.6 Å². The number of rotatable bonds is 5. The van der Waals surface area contributed by atoms with Crippen molar-refractivity contribution in [2.24, 2.45) is 11.8 Å². The van der Waals surface area contributed by atoms with Crippen LogP contribution in [-0.2, 0) is 0 Å². The molecule has 0 nitrogen and oxygen atoms in total. The number of hydrogen-bond donors (Lipinski definition) is 0. The Bertz CT molecular complexity index is 261. The SMILES string of the molecule is CCC(C)/C(F)=C(F)/C(F)=C(\F)C(C)CC. The van der Waals surface area contributed by atoms with E-state index in [1.54, 1.807) is 13.8 Å². The second kappa shape index (κ2) is 6.71. The molecule has 0 N–H and O–H groups in total. The summed E-state index contributed by atoms with van der Waals surface area (Å²) in [6.45, 7) is 6.13. The van der Waals surface area contributed by atoms with Gasteiger partial charge in [0.05, 0.1) is 0 Å². The maximum Gasteiger partial charge on any atom is 0.193 e. The van der Waals surface area contributed by atoms with Gasteiger partial charge in [-0.05, 0) is 12.8 Å². The lowest BCUT2D eigenvalue weighted by molar-refractivity contribution is 0.391. The molecule has 0 saturated heterocycles. The van der Waals surface area contributed by atoms with Crippen LogP contribution < -0.4 is 0 Å². The Hall–Kier alpha value is -0.800. The Balaban J connectivity index is 5.18. The third-order valence-corrected chi connectivity index (χ3v) is 2.70. The molecule has 0 radical (unpaired) electrons. The summed E-state index contributed by atoms with van der Waals surface area (Å²) in [5, 5.41) is 0. The van der Waals surface area contributed by atoms with Crippen LogP contribution >= 0.6 is 0 Å². The van der Waals surface area contributed by atoms with E-state index in [-0.39, 0.29) is 0 Å². The normalized spacial score (nSPS) is 18.8. The van der Waals surface area contributed by atoms with Crippen LogP contribution in [0.2, 0.25) is 0 Å². The average Bonchev–Trinajstić information content (AvgIpc) is 2.32. The lowest BCUT2D eigenvalue weighted by atomic mass is 10.0. The van der Waals surface area contributed by atoms with Crippen molar-refractivity contribution in [3.8, 4) is 0 Å². The molecule has 0 aromatic carbocycles. The zero-order valence-corrected chi connectivity index (χ0v) is 10.1. The highest BCUT2D eigenvalue weighted by Crippen LogP contribution is 2.31. The number of halogens is 4. The molecule has 0 bridgehead atoms. The molecular formula is C12H18F4. The fraction of sp³-hybridized carbons (Fsp3) is 0.667. The van der Waals surface area contributed by atoms with E-state index in [1.165, 1.54) is 13.8 Å². The monoisotopic (exact) mass is 238 g/mol. The van der Waals surface area contributed by atoms with Gasteiger partial charge in [0.25, 0.3) is 0 Å². The van der Waals surface area contributed by atoms with E-state index in [1.807, 2.05) is 0 Å². The highest BCUT2D eigenvalue weighted by molar-refractivity contribution is 5.26. The average molecular weight is 238 g/mol. The first kappa shape index (κ1) is 15.2. The highest BCUT2D eigenvalue weighted by atomic mass is 19.2. The molecule has 0 aliphatic rings. The van der Waals surface area contributed by atoms with Crippen molar-refractivity contribution in [3.63, 3.8) is 0 Å². The van der Waals surface area contributed by atoms with Crippen molar-refractivity contribution in [2.75, 3.05) is 0 Å². The van der Waals surface area contributed by atoms with Gasteiger partial charge in [-0.3, -0.25) is 0 Å². The Morgan fingerprint density at radius 3 is 1.19 bits per heavy atom. The fourth-order valence-electron chi connectivity index (χ4n) is 1.00. The molecule has 0 rings (SSSR count). The Morgan fingerprint density at radius 1 is 0.750 bits per heavy atom. The smallest absolute Gasteiger partial charge is 0.193 e. The minimum absolute atomic E-state index is 0.331. The summed E-state index contributed by atoms with van der Waals surface area (Å²) >= 11 is 0. The second-order valence-electron chi connectivity index (χ2n) is 3.94. The van der Waals surface area contributed by atoms with E-state index in [0.29, 0.717) is 12.8 Å². The molecular weight excluding hydrogens is 220 g/mol.